The molecule has 27 heavy (non-hydrogen) atoms. The molecule has 1 N–H and O–H groups in total. The van der Waals surface area contributed by atoms with Gasteiger partial charge in [0, 0.05) is 36.5 Å². The molecule has 1 saturated heterocycles. The first-order chi connectivity index (χ1) is 13.2. The quantitative estimate of drug-likeness (QED) is 0.774. The van der Waals surface area contributed by atoms with Crippen LogP contribution in [-0.2, 0) is 11.2 Å². The van der Waals surface area contributed by atoms with Crippen molar-refractivity contribution in [2.45, 2.75) is 12.8 Å². The number of pyridine rings is 1. The van der Waals surface area contributed by atoms with Crippen LogP contribution in [0.3, 0.4) is 0 Å². The maximum absolute atomic E-state index is 13.5. The SMILES string of the molecule is N#Cc1cc(C[C@@H]2CCN(c3cc(-c4ccncc4)[nH]n3)C2=O)ccc1F. The first-order valence-electron chi connectivity index (χ1n) is 8.61. The highest BCUT2D eigenvalue weighted by atomic mass is 19.1. The lowest BCUT2D eigenvalue weighted by molar-refractivity contribution is -0.120. The van der Waals surface area contributed by atoms with E-state index in [1.165, 1.54) is 12.1 Å². The Morgan fingerprint density at radius 2 is 2.07 bits per heavy atom. The molecule has 0 radical (unpaired) electrons. The Hall–Kier alpha value is -3.53. The molecule has 1 amide bonds. The van der Waals surface area contributed by atoms with Crippen LogP contribution < -0.4 is 4.90 Å². The molecule has 0 aliphatic carbocycles. The molecule has 1 atom stereocenters. The number of amides is 1. The van der Waals surface area contributed by atoms with Crippen molar-refractivity contribution in [1.29, 1.82) is 5.26 Å². The Kier molecular flexibility index (Phi) is 4.38. The van der Waals surface area contributed by atoms with E-state index >= 15 is 0 Å². The number of carbonyl (C=O) groups excluding carboxylic acids is 1. The van der Waals surface area contributed by atoms with Gasteiger partial charge in [-0.25, -0.2) is 4.39 Å². The number of carbonyl (C=O) groups is 1. The maximum Gasteiger partial charge on any atom is 0.231 e. The van der Waals surface area contributed by atoms with Gasteiger partial charge in [-0.15, -0.1) is 0 Å². The Morgan fingerprint density at radius 1 is 1.26 bits per heavy atom. The first kappa shape index (κ1) is 16.9. The van der Waals surface area contributed by atoms with E-state index in [0.29, 0.717) is 25.2 Å². The van der Waals surface area contributed by atoms with Gasteiger partial charge in [0.15, 0.2) is 5.82 Å². The van der Waals surface area contributed by atoms with Crippen LogP contribution in [0, 0.1) is 23.1 Å². The van der Waals surface area contributed by atoms with Gasteiger partial charge in [0.05, 0.1) is 11.3 Å². The number of hydrogen-bond acceptors (Lipinski definition) is 4. The number of H-pyrrole nitrogens is 1. The molecule has 3 heterocycles. The molecule has 0 saturated carbocycles. The number of nitriles is 1. The number of nitrogens with one attached hydrogen (secondary N) is 1. The van der Waals surface area contributed by atoms with Crippen molar-refractivity contribution in [1.82, 2.24) is 15.2 Å². The number of rotatable bonds is 4. The molecule has 0 bridgehead atoms. The average Bonchev–Trinajstić information content (AvgIpc) is 3.31. The van der Waals surface area contributed by atoms with Crippen LogP contribution in [0.15, 0.2) is 48.8 Å². The number of halogens is 1. The summed E-state index contributed by atoms with van der Waals surface area (Å²) in [6, 6.07) is 11.8. The third kappa shape index (κ3) is 3.29. The summed E-state index contributed by atoms with van der Waals surface area (Å²) in [4.78, 5) is 18.5. The molecule has 2 aromatic heterocycles. The van der Waals surface area contributed by atoms with E-state index in [9.17, 15) is 9.18 Å². The summed E-state index contributed by atoms with van der Waals surface area (Å²) < 4.78 is 13.5. The van der Waals surface area contributed by atoms with Crippen molar-refractivity contribution in [3.05, 3.63) is 65.7 Å². The molecule has 6 nitrogen and oxygen atoms in total. The molecule has 134 valence electrons. The van der Waals surface area contributed by atoms with Gasteiger partial charge in [-0.3, -0.25) is 19.8 Å². The van der Waals surface area contributed by atoms with Crippen LogP contribution in [0.4, 0.5) is 10.2 Å². The van der Waals surface area contributed by atoms with Crippen molar-refractivity contribution >= 4 is 11.7 Å². The van der Waals surface area contributed by atoms with Gasteiger partial charge in [-0.05, 0) is 42.7 Å². The third-order valence-electron chi connectivity index (χ3n) is 4.78. The second-order valence-electron chi connectivity index (χ2n) is 6.48. The summed E-state index contributed by atoms with van der Waals surface area (Å²) in [5, 5.41) is 16.2. The molecule has 0 spiro atoms. The van der Waals surface area contributed by atoms with Crippen LogP contribution >= 0.6 is 0 Å². The van der Waals surface area contributed by atoms with E-state index in [1.807, 2.05) is 24.3 Å². The van der Waals surface area contributed by atoms with Crippen LogP contribution in [0.2, 0.25) is 0 Å². The highest BCUT2D eigenvalue weighted by molar-refractivity contribution is 5.96. The van der Waals surface area contributed by atoms with Crippen molar-refractivity contribution in [2.75, 3.05) is 11.4 Å². The van der Waals surface area contributed by atoms with Gasteiger partial charge in [0.1, 0.15) is 11.9 Å². The van der Waals surface area contributed by atoms with E-state index in [4.69, 9.17) is 5.26 Å². The number of aromatic nitrogens is 3. The maximum atomic E-state index is 13.5. The van der Waals surface area contributed by atoms with Gasteiger partial charge in [-0.2, -0.15) is 10.4 Å². The Morgan fingerprint density at radius 3 is 2.85 bits per heavy atom. The van der Waals surface area contributed by atoms with E-state index in [-0.39, 0.29) is 17.4 Å². The zero-order chi connectivity index (χ0) is 18.8. The van der Waals surface area contributed by atoms with Crippen LogP contribution in [0.1, 0.15) is 17.5 Å². The first-order valence-corrected chi connectivity index (χ1v) is 8.61. The standard InChI is InChI=1S/C20H16FN5O/c21-17-2-1-13(10-16(17)12-22)9-15-5-8-26(20(15)27)19-11-18(24-25-19)14-3-6-23-7-4-14/h1-4,6-7,10-11,15H,5,8-9H2,(H,24,25)/t15-/m0/s1. The summed E-state index contributed by atoms with van der Waals surface area (Å²) in [6.45, 7) is 0.580. The molecular formula is C20H16FN5O. The number of benzene rings is 1. The zero-order valence-corrected chi connectivity index (χ0v) is 14.4. The molecule has 1 aliphatic heterocycles. The summed E-state index contributed by atoms with van der Waals surface area (Å²) in [7, 11) is 0. The summed E-state index contributed by atoms with van der Waals surface area (Å²) in [6.07, 6.45) is 4.57. The van der Waals surface area contributed by atoms with Crippen LogP contribution in [0.5, 0.6) is 0 Å². The lowest BCUT2D eigenvalue weighted by atomic mass is 9.97. The molecular weight excluding hydrogens is 345 g/mol. The zero-order valence-electron chi connectivity index (χ0n) is 14.4. The summed E-state index contributed by atoms with van der Waals surface area (Å²) >= 11 is 0. The molecule has 1 aromatic carbocycles. The summed E-state index contributed by atoms with van der Waals surface area (Å²) in [5.74, 6) is -0.166. The lowest BCUT2D eigenvalue weighted by Gasteiger charge is -2.13. The minimum absolute atomic E-state index is 0.00379. The van der Waals surface area contributed by atoms with E-state index in [0.717, 1.165) is 16.8 Å². The molecule has 3 aromatic rings. The molecule has 7 heteroatoms. The van der Waals surface area contributed by atoms with Gasteiger partial charge in [-0.1, -0.05) is 6.07 Å². The van der Waals surface area contributed by atoms with Crippen molar-refractivity contribution < 1.29 is 9.18 Å². The van der Waals surface area contributed by atoms with Crippen LogP contribution in [0.25, 0.3) is 11.3 Å². The lowest BCUT2D eigenvalue weighted by Crippen LogP contribution is -2.28. The Labute approximate surface area is 155 Å². The molecule has 4 rings (SSSR count). The summed E-state index contributed by atoms with van der Waals surface area (Å²) in [5.41, 5.74) is 2.56. The minimum atomic E-state index is -0.541. The molecule has 1 aliphatic rings. The highest BCUT2D eigenvalue weighted by Crippen LogP contribution is 2.29. The second-order valence-corrected chi connectivity index (χ2v) is 6.48. The number of nitrogens with zero attached hydrogens (tertiary/aromatic N) is 4. The van der Waals surface area contributed by atoms with Crippen molar-refractivity contribution in [3.8, 4) is 17.3 Å². The largest absolute Gasteiger partial charge is 0.295 e. The fraction of sp³-hybridized carbons (Fsp3) is 0.200. The predicted octanol–water partition coefficient (Wildman–Crippen LogP) is 3.08. The van der Waals surface area contributed by atoms with E-state index in [2.05, 4.69) is 15.2 Å². The van der Waals surface area contributed by atoms with Gasteiger partial charge in [0.2, 0.25) is 5.91 Å². The topological polar surface area (TPSA) is 85.7 Å². The predicted molar refractivity (Wildman–Crippen MR) is 97.1 cm³/mol. The Bertz CT molecular complexity index is 1020. The fourth-order valence-electron chi connectivity index (χ4n) is 3.35. The molecule has 1 fully saturated rings. The molecule has 0 unspecified atom stereocenters. The van der Waals surface area contributed by atoms with Gasteiger partial charge >= 0.3 is 0 Å². The van der Waals surface area contributed by atoms with Gasteiger partial charge < -0.3 is 0 Å². The second kappa shape index (κ2) is 7.00. The smallest absolute Gasteiger partial charge is 0.231 e. The van der Waals surface area contributed by atoms with Crippen molar-refractivity contribution in [3.63, 3.8) is 0 Å². The van der Waals surface area contributed by atoms with Gasteiger partial charge in [0.25, 0.3) is 0 Å². The minimum Gasteiger partial charge on any atom is -0.295 e. The van der Waals surface area contributed by atoms with Crippen LogP contribution in [-0.4, -0.2) is 27.6 Å². The monoisotopic (exact) mass is 361 g/mol. The third-order valence-corrected chi connectivity index (χ3v) is 4.78. The Balaban J connectivity index is 1.49. The fourth-order valence-corrected chi connectivity index (χ4v) is 3.35. The number of aromatic amines is 1. The number of hydrogen-bond donors (Lipinski definition) is 1. The van der Waals surface area contributed by atoms with E-state index in [1.54, 1.807) is 23.4 Å². The highest BCUT2D eigenvalue weighted by Gasteiger charge is 2.33. The van der Waals surface area contributed by atoms with Crippen molar-refractivity contribution in [2.24, 2.45) is 5.92 Å². The number of anilines is 1. The average molecular weight is 361 g/mol. The van der Waals surface area contributed by atoms with E-state index < -0.39 is 5.82 Å². The normalized spacial score (nSPS) is 16.5.